The molecule has 1 saturated carbocycles. The van der Waals surface area contributed by atoms with Gasteiger partial charge in [-0.3, -0.25) is 9.59 Å². The number of hydrogen-bond donors (Lipinski definition) is 2. The fraction of sp³-hybridized carbons (Fsp3) is 0.464. The molecule has 1 unspecified atom stereocenters. The maximum atomic E-state index is 13.6. The Kier molecular flexibility index (Phi) is 5.61. The quantitative estimate of drug-likeness (QED) is 0.649. The Labute approximate surface area is 205 Å². The van der Waals surface area contributed by atoms with Crippen LogP contribution in [0.3, 0.4) is 0 Å². The van der Waals surface area contributed by atoms with E-state index >= 15 is 0 Å². The third-order valence-corrected chi connectivity index (χ3v) is 8.42. The standard InChI is InChI=1S/C28H32N2O5/c1-17-14-30(16-27(17,2)25(32)33)24(31)28(3,18-12-13-18)29-26(34)35-15-23-21-10-6-4-8-19(21)20-9-5-7-11-22(20)23/h4-11,17-18,23H,12-16H2,1-3H3,(H,29,34)(H,32,33)/t17-,27-,28?/m0/s1. The first-order chi connectivity index (χ1) is 16.6. The van der Waals surface area contributed by atoms with Gasteiger partial charge in [0.25, 0.3) is 0 Å². The molecule has 0 spiro atoms. The average Bonchev–Trinajstić information content (AvgIpc) is 3.59. The Hall–Kier alpha value is -3.35. The second kappa shape index (κ2) is 8.40. The summed E-state index contributed by atoms with van der Waals surface area (Å²) in [4.78, 5) is 40.0. The van der Waals surface area contributed by atoms with E-state index in [9.17, 15) is 19.5 Å². The first kappa shape index (κ1) is 23.4. The van der Waals surface area contributed by atoms with E-state index in [1.807, 2.05) is 31.2 Å². The van der Waals surface area contributed by atoms with Crippen molar-refractivity contribution in [2.24, 2.45) is 17.3 Å². The van der Waals surface area contributed by atoms with Crippen molar-refractivity contribution in [1.29, 1.82) is 0 Å². The van der Waals surface area contributed by atoms with Crippen LogP contribution >= 0.6 is 0 Å². The molecule has 184 valence electrons. The number of carboxylic acids is 1. The monoisotopic (exact) mass is 476 g/mol. The molecule has 2 fully saturated rings. The molecule has 3 atom stereocenters. The lowest BCUT2D eigenvalue weighted by Crippen LogP contribution is -2.59. The number of aliphatic carboxylic acids is 1. The van der Waals surface area contributed by atoms with Crippen LogP contribution < -0.4 is 5.32 Å². The van der Waals surface area contributed by atoms with Crippen molar-refractivity contribution in [3.05, 3.63) is 59.7 Å². The number of carbonyl (C=O) groups is 3. The van der Waals surface area contributed by atoms with Gasteiger partial charge in [-0.15, -0.1) is 0 Å². The number of fused-ring (bicyclic) bond motifs is 3. The van der Waals surface area contributed by atoms with Crippen LogP contribution in [0.1, 0.15) is 50.7 Å². The number of likely N-dealkylation sites (tertiary alicyclic amines) is 1. The van der Waals surface area contributed by atoms with Crippen molar-refractivity contribution in [3.63, 3.8) is 0 Å². The van der Waals surface area contributed by atoms with Crippen LogP contribution in [0.4, 0.5) is 4.79 Å². The average molecular weight is 477 g/mol. The number of amides is 2. The lowest BCUT2D eigenvalue weighted by molar-refractivity contribution is -0.149. The maximum absolute atomic E-state index is 13.6. The number of nitrogens with zero attached hydrogens (tertiary/aromatic N) is 1. The van der Waals surface area contributed by atoms with Crippen LogP contribution in [0.5, 0.6) is 0 Å². The number of nitrogens with one attached hydrogen (secondary N) is 1. The van der Waals surface area contributed by atoms with Crippen molar-refractivity contribution in [2.45, 2.75) is 45.1 Å². The van der Waals surface area contributed by atoms with Crippen LogP contribution in [0.25, 0.3) is 11.1 Å². The van der Waals surface area contributed by atoms with Crippen molar-refractivity contribution in [3.8, 4) is 11.1 Å². The highest BCUT2D eigenvalue weighted by atomic mass is 16.5. The summed E-state index contributed by atoms with van der Waals surface area (Å²) in [5.41, 5.74) is 2.44. The Balaban J connectivity index is 1.29. The molecule has 1 heterocycles. The molecule has 2 aliphatic carbocycles. The minimum absolute atomic E-state index is 0.0162. The number of hydrogen-bond acceptors (Lipinski definition) is 4. The van der Waals surface area contributed by atoms with Crippen LogP contribution in [0, 0.1) is 17.3 Å². The Bertz CT molecular complexity index is 1150. The van der Waals surface area contributed by atoms with Gasteiger partial charge in [-0.2, -0.15) is 0 Å². The van der Waals surface area contributed by atoms with E-state index in [1.54, 1.807) is 18.7 Å². The summed E-state index contributed by atoms with van der Waals surface area (Å²) in [6.07, 6.45) is 1.06. The summed E-state index contributed by atoms with van der Waals surface area (Å²) in [5.74, 6) is -1.36. The number of carboxylic acid groups (broad SMARTS) is 1. The summed E-state index contributed by atoms with van der Waals surface area (Å²) in [6, 6.07) is 16.3. The molecule has 0 bridgehead atoms. The van der Waals surface area contributed by atoms with Gasteiger partial charge in [-0.05, 0) is 60.8 Å². The molecular weight excluding hydrogens is 444 g/mol. The molecule has 2 N–H and O–H groups in total. The number of rotatable bonds is 6. The predicted octanol–water partition coefficient (Wildman–Crippen LogP) is 4.26. The van der Waals surface area contributed by atoms with Crippen LogP contribution in [0.2, 0.25) is 0 Å². The van der Waals surface area contributed by atoms with Crippen molar-refractivity contribution in [2.75, 3.05) is 19.7 Å². The molecule has 7 heteroatoms. The minimum Gasteiger partial charge on any atom is -0.481 e. The number of alkyl carbamates (subject to hydrolysis) is 1. The van der Waals surface area contributed by atoms with Crippen LogP contribution in [-0.4, -0.2) is 53.2 Å². The number of benzene rings is 2. The number of ether oxygens (including phenoxy) is 1. The van der Waals surface area contributed by atoms with Crippen LogP contribution in [-0.2, 0) is 14.3 Å². The SMILES string of the molecule is C[C@H]1CN(C(=O)C(C)(NC(=O)OCC2c3ccccc3-c3ccccc32)C2CC2)C[C@]1(C)C(=O)O. The Morgan fingerprint density at radius 1 is 1.09 bits per heavy atom. The Morgan fingerprint density at radius 2 is 1.66 bits per heavy atom. The van der Waals surface area contributed by atoms with Gasteiger partial charge < -0.3 is 20.1 Å². The molecule has 1 saturated heterocycles. The van der Waals surface area contributed by atoms with E-state index < -0.39 is 23.0 Å². The van der Waals surface area contributed by atoms with Gasteiger partial charge in [-0.1, -0.05) is 55.5 Å². The van der Waals surface area contributed by atoms with Gasteiger partial charge in [0, 0.05) is 19.0 Å². The first-order valence-electron chi connectivity index (χ1n) is 12.3. The van der Waals surface area contributed by atoms with E-state index in [4.69, 9.17) is 4.74 Å². The fourth-order valence-electron chi connectivity index (χ4n) is 5.75. The second-order valence-electron chi connectivity index (χ2n) is 10.7. The normalized spacial score (nSPS) is 24.9. The van der Waals surface area contributed by atoms with Crippen molar-refractivity contribution < 1.29 is 24.2 Å². The van der Waals surface area contributed by atoms with E-state index in [0.717, 1.165) is 35.1 Å². The topological polar surface area (TPSA) is 95.9 Å². The van der Waals surface area contributed by atoms with Crippen molar-refractivity contribution in [1.82, 2.24) is 10.2 Å². The summed E-state index contributed by atoms with van der Waals surface area (Å²) in [7, 11) is 0. The largest absolute Gasteiger partial charge is 0.481 e. The van der Waals surface area contributed by atoms with Gasteiger partial charge in [0.15, 0.2) is 0 Å². The van der Waals surface area contributed by atoms with E-state index in [2.05, 4.69) is 29.6 Å². The van der Waals surface area contributed by atoms with Gasteiger partial charge in [0.05, 0.1) is 5.41 Å². The lowest BCUT2D eigenvalue weighted by atomic mass is 9.81. The molecule has 7 nitrogen and oxygen atoms in total. The summed E-state index contributed by atoms with van der Waals surface area (Å²) < 4.78 is 5.71. The maximum Gasteiger partial charge on any atom is 0.408 e. The smallest absolute Gasteiger partial charge is 0.408 e. The summed E-state index contributed by atoms with van der Waals surface area (Å²) in [6.45, 7) is 5.95. The fourth-order valence-corrected chi connectivity index (χ4v) is 5.75. The third-order valence-electron chi connectivity index (χ3n) is 8.42. The molecule has 2 aromatic carbocycles. The highest BCUT2D eigenvalue weighted by molar-refractivity contribution is 5.91. The molecule has 2 aromatic rings. The van der Waals surface area contributed by atoms with Gasteiger partial charge in [0.2, 0.25) is 5.91 Å². The van der Waals surface area contributed by atoms with Crippen LogP contribution in [0.15, 0.2) is 48.5 Å². The minimum atomic E-state index is -1.12. The first-order valence-corrected chi connectivity index (χ1v) is 12.3. The van der Waals surface area contributed by atoms with E-state index in [1.165, 1.54) is 0 Å². The molecule has 0 aromatic heterocycles. The highest BCUT2D eigenvalue weighted by Gasteiger charge is 2.55. The Morgan fingerprint density at radius 3 is 2.17 bits per heavy atom. The number of carbonyl (C=O) groups excluding carboxylic acids is 2. The zero-order valence-electron chi connectivity index (χ0n) is 20.4. The van der Waals surface area contributed by atoms with E-state index in [0.29, 0.717) is 6.54 Å². The van der Waals surface area contributed by atoms with E-state index in [-0.39, 0.29) is 36.8 Å². The van der Waals surface area contributed by atoms with Gasteiger partial charge in [0.1, 0.15) is 12.1 Å². The molecule has 2 amide bonds. The van der Waals surface area contributed by atoms with Gasteiger partial charge >= 0.3 is 12.1 Å². The molecule has 35 heavy (non-hydrogen) atoms. The van der Waals surface area contributed by atoms with Gasteiger partial charge in [-0.25, -0.2) is 4.79 Å². The highest BCUT2D eigenvalue weighted by Crippen LogP contribution is 2.45. The zero-order chi connectivity index (χ0) is 25.0. The molecule has 3 aliphatic rings. The molecule has 1 aliphatic heterocycles. The second-order valence-corrected chi connectivity index (χ2v) is 10.7. The molecular formula is C28H32N2O5. The molecule has 0 radical (unpaired) electrons. The summed E-state index contributed by atoms with van der Waals surface area (Å²) >= 11 is 0. The third kappa shape index (κ3) is 3.87. The molecule has 5 rings (SSSR count). The lowest BCUT2D eigenvalue weighted by Gasteiger charge is -2.34. The zero-order valence-corrected chi connectivity index (χ0v) is 20.4. The van der Waals surface area contributed by atoms with Crippen molar-refractivity contribution >= 4 is 18.0 Å². The summed E-state index contributed by atoms with van der Waals surface area (Å²) in [5, 5.41) is 12.6. The predicted molar refractivity (Wildman–Crippen MR) is 131 cm³/mol.